The molecule has 23 heavy (non-hydrogen) atoms. The van der Waals surface area contributed by atoms with Crippen molar-refractivity contribution in [3.8, 4) is 18.1 Å². The molecule has 0 saturated heterocycles. The Morgan fingerprint density at radius 3 is 2.78 bits per heavy atom. The summed E-state index contributed by atoms with van der Waals surface area (Å²) in [6, 6.07) is 3.92. The maximum absolute atomic E-state index is 10.9. The van der Waals surface area contributed by atoms with Crippen molar-refractivity contribution < 1.29 is 10.2 Å². The van der Waals surface area contributed by atoms with Gasteiger partial charge in [0, 0.05) is 5.41 Å². The van der Waals surface area contributed by atoms with Crippen LogP contribution in [0.3, 0.4) is 0 Å². The van der Waals surface area contributed by atoms with Crippen LogP contribution in [0, 0.1) is 29.6 Å². The zero-order valence-electron chi connectivity index (χ0n) is 13.5. The summed E-state index contributed by atoms with van der Waals surface area (Å²) >= 11 is 3.56. The minimum absolute atomic E-state index is 0.144. The molecule has 0 bridgehead atoms. The molecule has 0 aromatic heterocycles. The SMILES string of the molecule is C#C[C@]1(O)CC[C@H]2[C@@H]3CCc4c(ccc(O)c4Br)[C@H]3CCC21C. The third kappa shape index (κ3) is 1.91. The summed E-state index contributed by atoms with van der Waals surface area (Å²) in [5.41, 5.74) is 1.59. The van der Waals surface area contributed by atoms with E-state index >= 15 is 0 Å². The van der Waals surface area contributed by atoms with Gasteiger partial charge in [0.1, 0.15) is 11.4 Å². The monoisotopic (exact) mass is 374 g/mol. The number of phenolic OH excluding ortho intramolecular Hbond substituents is 1. The van der Waals surface area contributed by atoms with Gasteiger partial charge < -0.3 is 10.2 Å². The van der Waals surface area contributed by atoms with E-state index in [1.54, 1.807) is 0 Å². The molecule has 1 aromatic rings. The Balaban J connectivity index is 1.74. The van der Waals surface area contributed by atoms with Crippen LogP contribution in [0.25, 0.3) is 0 Å². The van der Waals surface area contributed by atoms with E-state index < -0.39 is 5.60 Å². The molecule has 4 rings (SSSR count). The minimum atomic E-state index is -0.932. The molecule has 2 saturated carbocycles. The van der Waals surface area contributed by atoms with Crippen LogP contribution in [-0.2, 0) is 6.42 Å². The summed E-state index contributed by atoms with van der Waals surface area (Å²) in [6.07, 6.45) is 11.7. The largest absolute Gasteiger partial charge is 0.507 e. The lowest BCUT2D eigenvalue weighted by atomic mass is 9.53. The molecule has 1 unspecified atom stereocenters. The molecule has 3 heteroatoms. The van der Waals surface area contributed by atoms with E-state index in [4.69, 9.17) is 6.42 Å². The maximum Gasteiger partial charge on any atom is 0.130 e. The van der Waals surface area contributed by atoms with Crippen molar-refractivity contribution in [2.45, 2.75) is 57.0 Å². The Morgan fingerprint density at radius 2 is 2.04 bits per heavy atom. The molecule has 2 N–H and O–H groups in total. The topological polar surface area (TPSA) is 40.5 Å². The van der Waals surface area contributed by atoms with E-state index in [0.717, 1.165) is 43.0 Å². The van der Waals surface area contributed by atoms with Crippen molar-refractivity contribution in [3.05, 3.63) is 27.7 Å². The highest BCUT2D eigenvalue weighted by molar-refractivity contribution is 9.10. The number of hydrogen-bond donors (Lipinski definition) is 2. The summed E-state index contributed by atoms with van der Waals surface area (Å²) in [5, 5.41) is 20.9. The highest BCUT2D eigenvalue weighted by Gasteiger charge is 2.61. The lowest BCUT2D eigenvalue weighted by Gasteiger charge is -2.52. The summed E-state index contributed by atoms with van der Waals surface area (Å²) in [5.74, 6) is 4.70. The second-order valence-corrected chi connectivity index (χ2v) is 8.67. The van der Waals surface area contributed by atoms with Gasteiger partial charge in [0.15, 0.2) is 0 Å². The van der Waals surface area contributed by atoms with Gasteiger partial charge in [0.2, 0.25) is 0 Å². The molecule has 0 radical (unpaired) electrons. The number of rotatable bonds is 0. The average molecular weight is 375 g/mol. The first kappa shape index (κ1) is 15.5. The lowest BCUT2D eigenvalue weighted by molar-refractivity contribution is -0.0647. The van der Waals surface area contributed by atoms with Gasteiger partial charge in [0.05, 0.1) is 4.47 Å². The number of aromatic hydroxyl groups is 1. The normalized spacial score (nSPS) is 41.6. The Morgan fingerprint density at radius 1 is 1.26 bits per heavy atom. The molecule has 2 fully saturated rings. The fraction of sp³-hybridized carbons (Fsp3) is 0.600. The lowest BCUT2D eigenvalue weighted by Crippen LogP contribution is -2.50. The Labute approximate surface area is 146 Å². The second-order valence-electron chi connectivity index (χ2n) is 7.88. The van der Waals surface area contributed by atoms with Crippen LogP contribution in [0.5, 0.6) is 5.75 Å². The second kappa shape index (κ2) is 5.01. The highest BCUT2D eigenvalue weighted by Crippen LogP contribution is 2.64. The standard InChI is InChI=1S/C20H23BrO2/c1-3-20(23)11-9-16-14-4-5-15-12(6-7-17(22)18(15)21)13(14)8-10-19(16,20)2/h1,6-7,13-14,16,22-23H,4-5,8-11H2,2H3/t13-,14-,16+,19?,20+/m1/s1. The molecule has 3 aliphatic carbocycles. The Hall–Kier alpha value is -0.980. The predicted octanol–water partition coefficient (Wildman–Crippen LogP) is 4.38. The van der Waals surface area contributed by atoms with Crippen molar-refractivity contribution in [1.29, 1.82) is 0 Å². The average Bonchev–Trinajstić information content (AvgIpc) is 2.83. The highest BCUT2D eigenvalue weighted by atomic mass is 79.9. The first-order valence-electron chi connectivity index (χ1n) is 8.61. The van der Waals surface area contributed by atoms with Crippen molar-refractivity contribution in [2.75, 3.05) is 0 Å². The molecule has 0 amide bonds. The summed E-state index contributed by atoms with van der Waals surface area (Å²) in [4.78, 5) is 0. The van der Waals surface area contributed by atoms with Gasteiger partial charge in [0.25, 0.3) is 0 Å². The van der Waals surface area contributed by atoms with Gasteiger partial charge in [-0.1, -0.05) is 18.9 Å². The predicted molar refractivity (Wildman–Crippen MR) is 94.2 cm³/mol. The van der Waals surface area contributed by atoms with Crippen LogP contribution in [0.15, 0.2) is 16.6 Å². The maximum atomic E-state index is 10.9. The summed E-state index contributed by atoms with van der Waals surface area (Å²) in [6.45, 7) is 2.21. The van der Waals surface area contributed by atoms with Gasteiger partial charge in [-0.2, -0.15) is 0 Å². The van der Waals surface area contributed by atoms with Crippen molar-refractivity contribution in [2.24, 2.45) is 17.3 Å². The van der Waals surface area contributed by atoms with Gasteiger partial charge in [-0.05, 0) is 89.4 Å². The molecule has 0 aliphatic heterocycles. The summed E-state index contributed by atoms with van der Waals surface area (Å²) < 4.78 is 0.869. The molecule has 0 heterocycles. The number of aliphatic hydroxyl groups is 1. The van der Waals surface area contributed by atoms with Crippen LogP contribution in [0.4, 0.5) is 0 Å². The fourth-order valence-electron chi connectivity index (χ4n) is 5.87. The van der Waals surface area contributed by atoms with Gasteiger partial charge >= 0.3 is 0 Å². The first-order valence-corrected chi connectivity index (χ1v) is 9.41. The quantitative estimate of drug-likeness (QED) is 0.661. The zero-order chi connectivity index (χ0) is 16.4. The van der Waals surface area contributed by atoms with E-state index in [-0.39, 0.29) is 5.41 Å². The van der Waals surface area contributed by atoms with E-state index in [0.29, 0.717) is 23.5 Å². The van der Waals surface area contributed by atoms with E-state index in [2.05, 4.69) is 34.8 Å². The Kier molecular flexibility index (Phi) is 3.38. The smallest absolute Gasteiger partial charge is 0.130 e. The number of terminal acetylenes is 1. The van der Waals surface area contributed by atoms with Gasteiger partial charge in [-0.15, -0.1) is 6.42 Å². The van der Waals surface area contributed by atoms with E-state index in [9.17, 15) is 10.2 Å². The molecule has 5 atom stereocenters. The minimum Gasteiger partial charge on any atom is -0.507 e. The molecule has 1 aromatic carbocycles. The number of fused-ring (bicyclic) bond motifs is 5. The third-order valence-electron chi connectivity index (χ3n) is 7.21. The molecular weight excluding hydrogens is 352 g/mol. The van der Waals surface area contributed by atoms with Gasteiger partial charge in [-0.25, -0.2) is 0 Å². The van der Waals surface area contributed by atoms with Crippen LogP contribution >= 0.6 is 15.9 Å². The number of halogens is 1. The molecule has 3 aliphatic rings. The van der Waals surface area contributed by atoms with Crippen molar-refractivity contribution >= 4 is 15.9 Å². The van der Waals surface area contributed by atoms with Crippen molar-refractivity contribution in [1.82, 2.24) is 0 Å². The molecule has 0 spiro atoms. The van der Waals surface area contributed by atoms with E-state index in [1.165, 1.54) is 11.1 Å². The van der Waals surface area contributed by atoms with Crippen LogP contribution < -0.4 is 0 Å². The zero-order valence-corrected chi connectivity index (χ0v) is 15.1. The van der Waals surface area contributed by atoms with Crippen LogP contribution in [-0.4, -0.2) is 15.8 Å². The number of phenols is 1. The first-order chi connectivity index (χ1) is 10.9. The van der Waals surface area contributed by atoms with Crippen LogP contribution in [0.1, 0.15) is 56.1 Å². The number of hydrogen-bond acceptors (Lipinski definition) is 2. The fourth-order valence-corrected chi connectivity index (χ4v) is 6.42. The van der Waals surface area contributed by atoms with Gasteiger partial charge in [-0.3, -0.25) is 0 Å². The van der Waals surface area contributed by atoms with E-state index in [1.807, 2.05) is 6.07 Å². The molecule has 2 nitrogen and oxygen atoms in total. The van der Waals surface area contributed by atoms with Crippen molar-refractivity contribution in [3.63, 3.8) is 0 Å². The third-order valence-corrected chi connectivity index (χ3v) is 8.10. The Bertz CT molecular complexity index is 706. The summed E-state index contributed by atoms with van der Waals surface area (Å²) in [7, 11) is 0. The van der Waals surface area contributed by atoms with Crippen LogP contribution in [0.2, 0.25) is 0 Å². The molecule has 122 valence electrons. The number of benzene rings is 1. The molecular formula is C20H23BrO2.